The third-order valence-corrected chi connectivity index (χ3v) is 5.98. The molecule has 0 amide bonds. The summed E-state index contributed by atoms with van der Waals surface area (Å²) >= 11 is 0. The van der Waals surface area contributed by atoms with Gasteiger partial charge in [0.1, 0.15) is 0 Å². The van der Waals surface area contributed by atoms with Crippen molar-refractivity contribution < 1.29 is 14.2 Å². The summed E-state index contributed by atoms with van der Waals surface area (Å²) in [5.74, 6) is 1.85. The lowest BCUT2D eigenvalue weighted by Crippen LogP contribution is -2.43. The lowest BCUT2D eigenvalue weighted by Gasteiger charge is -2.36. The fourth-order valence-electron chi connectivity index (χ4n) is 4.35. The molecule has 34 heavy (non-hydrogen) atoms. The first-order chi connectivity index (χ1) is 15.7. The van der Waals surface area contributed by atoms with Gasteiger partial charge in [-0.25, -0.2) is 0 Å². The third kappa shape index (κ3) is 6.26. The van der Waals surface area contributed by atoms with Crippen molar-refractivity contribution in [2.45, 2.75) is 25.4 Å². The molecule has 4 rings (SSSR count). The summed E-state index contributed by atoms with van der Waals surface area (Å²) in [7, 11) is 4.88. The average molecular weight is 506 g/mol. The van der Waals surface area contributed by atoms with Gasteiger partial charge in [-0.05, 0) is 67.4 Å². The van der Waals surface area contributed by atoms with Crippen molar-refractivity contribution >= 4 is 30.5 Å². The highest BCUT2D eigenvalue weighted by Gasteiger charge is 2.22. The quantitative estimate of drug-likeness (QED) is 0.443. The Balaban J connectivity index is 0.00000204. The van der Waals surface area contributed by atoms with Gasteiger partial charge in [0.05, 0.1) is 21.3 Å². The molecule has 1 saturated heterocycles. The van der Waals surface area contributed by atoms with E-state index in [4.69, 9.17) is 14.2 Å². The molecule has 3 aromatic rings. The van der Waals surface area contributed by atoms with E-state index in [9.17, 15) is 0 Å². The maximum atomic E-state index is 5.53. The summed E-state index contributed by atoms with van der Waals surface area (Å²) in [4.78, 5) is 7.07. The summed E-state index contributed by atoms with van der Waals surface area (Å²) < 4.78 is 16.5. The van der Waals surface area contributed by atoms with E-state index >= 15 is 0 Å². The predicted octanol–water partition coefficient (Wildman–Crippen LogP) is 5.38. The van der Waals surface area contributed by atoms with E-state index in [1.165, 1.54) is 11.3 Å². The van der Waals surface area contributed by atoms with Crippen LogP contribution in [0.15, 0.2) is 60.9 Å². The number of hydrogen-bond acceptors (Lipinski definition) is 6. The molecular formula is C26H33Cl2N3O3. The first kappa shape index (κ1) is 27.6. The van der Waals surface area contributed by atoms with Crippen molar-refractivity contribution in [2.75, 3.05) is 39.3 Å². The first-order valence-electron chi connectivity index (χ1n) is 11.0. The van der Waals surface area contributed by atoms with Crippen molar-refractivity contribution in [2.24, 2.45) is 0 Å². The summed E-state index contributed by atoms with van der Waals surface area (Å²) in [6.07, 6.45) is 6.10. The van der Waals surface area contributed by atoms with E-state index in [1.807, 2.05) is 24.5 Å². The zero-order chi connectivity index (χ0) is 22.3. The van der Waals surface area contributed by atoms with E-state index in [2.05, 4.69) is 51.6 Å². The molecule has 2 aromatic carbocycles. The minimum atomic E-state index is 0. The lowest BCUT2D eigenvalue weighted by atomic mass is 10.0. The van der Waals surface area contributed by atoms with E-state index in [-0.39, 0.29) is 24.8 Å². The fraction of sp³-hybridized carbons (Fsp3) is 0.346. The van der Waals surface area contributed by atoms with Gasteiger partial charge >= 0.3 is 0 Å². The molecule has 0 saturated carbocycles. The van der Waals surface area contributed by atoms with E-state index in [1.54, 1.807) is 21.3 Å². The van der Waals surface area contributed by atoms with Gasteiger partial charge in [-0.1, -0.05) is 18.2 Å². The number of pyridine rings is 1. The number of benzene rings is 2. The Morgan fingerprint density at radius 3 is 2.09 bits per heavy atom. The number of halogens is 2. The van der Waals surface area contributed by atoms with Gasteiger partial charge < -0.3 is 24.4 Å². The van der Waals surface area contributed by atoms with Crippen molar-refractivity contribution in [3.63, 3.8) is 0 Å². The summed E-state index contributed by atoms with van der Waals surface area (Å²) in [6, 6.07) is 17.3. The van der Waals surface area contributed by atoms with Crippen LogP contribution in [0, 0.1) is 0 Å². The number of rotatable bonds is 8. The molecule has 0 unspecified atom stereocenters. The van der Waals surface area contributed by atoms with Crippen molar-refractivity contribution in [1.29, 1.82) is 0 Å². The van der Waals surface area contributed by atoms with Gasteiger partial charge in [-0.3, -0.25) is 4.98 Å². The fourth-order valence-corrected chi connectivity index (χ4v) is 4.35. The maximum absolute atomic E-state index is 5.53. The number of hydrogen-bond donors (Lipinski definition) is 1. The zero-order valence-electron chi connectivity index (χ0n) is 19.8. The molecule has 1 fully saturated rings. The second-order valence-electron chi connectivity index (χ2n) is 7.94. The number of nitrogens with zero attached hydrogens (tertiary/aromatic N) is 2. The number of ether oxygens (including phenoxy) is 3. The molecule has 0 bridgehead atoms. The van der Waals surface area contributed by atoms with Crippen LogP contribution >= 0.6 is 24.8 Å². The van der Waals surface area contributed by atoms with Crippen molar-refractivity contribution in [1.82, 2.24) is 10.3 Å². The van der Waals surface area contributed by atoms with Gasteiger partial charge in [-0.15, -0.1) is 24.8 Å². The largest absolute Gasteiger partial charge is 0.493 e. The molecular weight excluding hydrogens is 473 g/mol. The summed E-state index contributed by atoms with van der Waals surface area (Å²) in [6.45, 7) is 2.91. The Bertz CT molecular complexity index is 1010. The van der Waals surface area contributed by atoms with E-state index in [0.717, 1.165) is 43.6 Å². The molecule has 1 N–H and O–H groups in total. The van der Waals surface area contributed by atoms with Crippen LogP contribution in [0.2, 0.25) is 0 Å². The number of piperidine rings is 1. The molecule has 8 heteroatoms. The number of anilines is 1. The SMILES string of the molecule is COc1cc(-c2cncc(CN(c3ccccc3)C3CCNCC3)c2)cc(OC)c1OC.Cl.Cl. The first-order valence-corrected chi connectivity index (χ1v) is 11.0. The van der Waals surface area contributed by atoms with Crippen molar-refractivity contribution in [3.8, 4) is 28.4 Å². The predicted molar refractivity (Wildman–Crippen MR) is 142 cm³/mol. The third-order valence-electron chi connectivity index (χ3n) is 5.98. The summed E-state index contributed by atoms with van der Waals surface area (Å²) in [5, 5.41) is 3.47. The number of para-hydroxylation sites is 1. The molecule has 0 spiro atoms. The Kier molecular flexibility index (Phi) is 10.8. The zero-order valence-corrected chi connectivity index (χ0v) is 21.5. The highest BCUT2D eigenvalue weighted by Crippen LogP contribution is 2.41. The van der Waals surface area contributed by atoms with Gasteiger partial charge in [0, 0.05) is 36.2 Å². The van der Waals surface area contributed by atoms with Crippen LogP contribution in [0.1, 0.15) is 18.4 Å². The highest BCUT2D eigenvalue weighted by atomic mass is 35.5. The minimum Gasteiger partial charge on any atom is -0.493 e. The molecule has 1 aliphatic heterocycles. The Hall–Kier alpha value is -2.67. The molecule has 6 nitrogen and oxygen atoms in total. The second kappa shape index (κ2) is 13.3. The molecule has 1 aromatic heterocycles. The van der Waals surface area contributed by atoms with Gasteiger partial charge in [0.2, 0.25) is 5.75 Å². The normalized spacial score (nSPS) is 13.3. The van der Waals surface area contributed by atoms with Gasteiger partial charge in [0.25, 0.3) is 0 Å². The van der Waals surface area contributed by atoms with Crippen LogP contribution in [0.5, 0.6) is 17.2 Å². The van der Waals surface area contributed by atoms with Crippen LogP contribution in [0.4, 0.5) is 5.69 Å². The highest BCUT2D eigenvalue weighted by molar-refractivity contribution is 5.85. The molecule has 0 aliphatic carbocycles. The van der Waals surface area contributed by atoms with Crippen molar-refractivity contribution in [3.05, 3.63) is 66.5 Å². The standard InChI is InChI=1S/C26H31N3O3.2ClH/c1-30-24-14-20(15-25(31-2)26(24)32-3)21-13-19(16-28-17-21)18-29(22-7-5-4-6-8-22)23-9-11-27-12-10-23;;/h4-8,13-17,23,27H,9-12,18H2,1-3H3;2*1H. The second-order valence-corrected chi connectivity index (χ2v) is 7.94. The maximum Gasteiger partial charge on any atom is 0.203 e. The molecule has 0 atom stereocenters. The van der Waals surface area contributed by atoms with E-state index < -0.39 is 0 Å². The van der Waals surface area contributed by atoms with Gasteiger partial charge in [0.15, 0.2) is 11.5 Å². The van der Waals surface area contributed by atoms with Crippen LogP contribution in [0.3, 0.4) is 0 Å². The summed E-state index contributed by atoms with van der Waals surface area (Å²) in [5.41, 5.74) is 4.40. The monoisotopic (exact) mass is 505 g/mol. The molecule has 0 radical (unpaired) electrons. The minimum absolute atomic E-state index is 0. The molecule has 184 valence electrons. The number of nitrogens with one attached hydrogen (secondary N) is 1. The number of methoxy groups -OCH3 is 3. The smallest absolute Gasteiger partial charge is 0.203 e. The average Bonchev–Trinajstić information content (AvgIpc) is 2.87. The van der Waals surface area contributed by atoms with Crippen LogP contribution in [-0.4, -0.2) is 45.4 Å². The van der Waals surface area contributed by atoms with E-state index in [0.29, 0.717) is 23.3 Å². The van der Waals surface area contributed by atoms with Gasteiger partial charge in [-0.2, -0.15) is 0 Å². The van der Waals surface area contributed by atoms with Crippen LogP contribution in [0.25, 0.3) is 11.1 Å². The Morgan fingerprint density at radius 1 is 0.853 bits per heavy atom. The molecule has 2 heterocycles. The molecule has 1 aliphatic rings. The topological polar surface area (TPSA) is 55.9 Å². The Labute approximate surface area is 214 Å². The lowest BCUT2D eigenvalue weighted by molar-refractivity contribution is 0.324. The van der Waals surface area contributed by atoms with Crippen LogP contribution < -0.4 is 24.4 Å². The Morgan fingerprint density at radius 2 is 1.50 bits per heavy atom. The van der Waals surface area contributed by atoms with Crippen LogP contribution in [-0.2, 0) is 6.54 Å². The number of aromatic nitrogens is 1.